The maximum Gasteiger partial charge on any atom is 0.306 e. The number of carbonyl (C=O) groups is 2. The Morgan fingerprint density at radius 3 is 2.48 bits per heavy atom. The molecule has 5 heteroatoms. The minimum atomic E-state index is -0.693. The normalized spacial score (nSPS) is 30.8. The molecule has 5 nitrogen and oxygen atoms in total. The van der Waals surface area contributed by atoms with Gasteiger partial charge in [-0.2, -0.15) is 0 Å². The lowest BCUT2D eigenvalue weighted by Gasteiger charge is -2.36. The van der Waals surface area contributed by atoms with Crippen LogP contribution < -0.4 is 5.32 Å². The number of hydrogen-bond donors (Lipinski definition) is 2. The topological polar surface area (TPSA) is 69.6 Å². The fourth-order valence-electron chi connectivity index (χ4n) is 3.62. The summed E-state index contributed by atoms with van der Waals surface area (Å²) in [5.74, 6) is -0.757. The second kappa shape index (κ2) is 7.78. The van der Waals surface area contributed by atoms with Gasteiger partial charge in [0.1, 0.15) is 0 Å². The quantitative estimate of drug-likeness (QED) is 0.814. The standard InChI is InChI=1S/C16H28N2O3/c1-2-10-18-11-4-3-5-14(18)15(19)17-13-8-6-12(7-9-13)16(20)21/h12-14H,2-11H2,1H3,(H,17,19)(H,20,21)/t12?,13?,14-/m1/s1. The lowest BCUT2D eigenvalue weighted by molar-refractivity contribution is -0.142. The Balaban J connectivity index is 1.82. The second-order valence-electron chi connectivity index (χ2n) is 6.44. The molecule has 0 aromatic heterocycles. The molecule has 1 aliphatic heterocycles. The third kappa shape index (κ3) is 4.43. The molecule has 1 heterocycles. The summed E-state index contributed by atoms with van der Waals surface area (Å²) in [5, 5.41) is 12.2. The van der Waals surface area contributed by atoms with Crippen LogP contribution in [0, 0.1) is 5.92 Å². The lowest BCUT2D eigenvalue weighted by atomic mass is 9.86. The van der Waals surface area contributed by atoms with Crippen LogP contribution in [0.5, 0.6) is 0 Å². The second-order valence-corrected chi connectivity index (χ2v) is 6.44. The number of amides is 1. The van der Waals surface area contributed by atoms with Gasteiger partial charge in [-0.05, 0) is 58.0 Å². The van der Waals surface area contributed by atoms with E-state index in [2.05, 4.69) is 17.1 Å². The van der Waals surface area contributed by atoms with Gasteiger partial charge in [-0.25, -0.2) is 0 Å². The van der Waals surface area contributed by atoms with Crippen molar-refractivity contribution < 1.29 is 14.7 Å². The van der Waals surface area contributed by atoms with Crippen molar-refractivity contribution in [1.29, 1.82) is 0 Å². The number of carboxylic acid groups (broad SMARTS) is 1. The summed E-state index contributed by atoms with van der Waals surface area (Å²) < 4.78 is 0. The molecular formula is C16H28N2O3. The Hall–Kier alpha value is -1.10. The molecule has 1 saturated carbocycles. The minimum Gasteiger partial charge on any atom is -0.481 e. The van der Waals surface area contributed by atoms with Gasteiger partial charge in [-0.15, -0.1) is 0 Å². The molecule has 120 valence electrons. The summed E-state index contributed by atoms with van der Waals surface area (Å²) in [5.41, 5.74) is 0. The molecule has 1 aliphatic carbocycles. The van der Waals surface area contributed by atoms with E-state index in [0.29, 0.717) is 12.8 Å². The van der Waals surface area contributed by atoms with Crippen molar-refractivity contribution >= 4 is 11.9 Å². The van der Waals surface area contributed by atoms with E-state index >= 15 is 0 Å². The first-order valence-corrected chi connectivity index (χ1v) is 8.39. The van der Waals surface area contributed by atoms with Crippen LogP contribution in [0.4, 0.5) is 0 Å². The molecule has 0 radical (unpaired) electrons. The Bertz CT molecular complexity index is 363. The van der Waals surface area contributed by atoms with Crippen LogP contribution in [0.1, 0.15) is 58.3 Å². The molecule has 21 heavy (non-hydrogen) atoms. The highest BCUT2D eigenvalue weighted by molar-refractivity contribution is 5.82. The van der Waals surface area contributed by atoms with Gasteiger partial charge in [0.15, 0.2) is 0 Å². The number of aliphatic carboxylic acids is 1. The molecule has 1 saturated heterocycles. The highest BCUT2D eigenvalue weighted by atomic mass is 16.4. The summed E-state index contributed by atoms with van der Waals surface area (Å²) in [6.45, 7) is 4.16. The number of carboxylic acids is 1. The number of piperidine rings is 1. The van der Waals surface area contributed by atoms with Crippen molar-refractivity contribution in [2.75, 3.05) is 13.1 Å². The van der Waals surface area contributed by atoms with Gasteiger partial charge >= 0.3 is 5.97 Å². The van der Waals surface area contributed by atoms with E-state index in [1.807, 2.05) is 0 Å². The summed E-state index contributed by atoms with van der Waals surface area (Å²) in [6.07, 6.45) is 7.31. The lowest BCUT2D eigenvalue weighted by Crippen LogP contribution is -2.52. The molecule has 2 N–H and O–H groups in total. The number of rotatable bonds is 5. The predicted octanol–water partition coefficient (Wildman–Crippen LogP) is 2.01. The first-order chi connectivity index (χ1) is 10.1. The van der Waals surface area contributed by atoms with Crippen molar-refractivity contribution in [3.8, 4) is 0 Å². The highest BCUT2D eigenvalue weighted by Gasteiger charge is 2.31. The fraction of sp³-hybridized carbons (Fsp3) is 0.875. The number of carbonyl (C=O) groups excluding carboxylic acids is 1. The van der Waals surface area contributed by atoms with E-state index in [4.69, 9.17) is 5.11 Å². The summed E-state index contributed by atoms with van der Waals surface area (Å²) in [7, 11) is 0. The first kappa shape index (κ1) is 16.3. The molecule has 0 aromatic carbocycles. The van der Waals surface area contributed by atoms with Crippen molar-refractivity contribution in [3.05, 3.63) is 0 Å². The zero-order valence-corrected chi connectivity index (χ0v) is 13.0. The Kier molecular flexibility index (Phi) is 6.03. The van der Waals surface area contributed by atoms with Crippen LogP contribution in [0.25, 0.3) is 0 Å². The van der Waals surface area contributed by atoms with E-state index in [-0.39, 0.29) is 23.9 Å². The van der Waals surface area contributed by atoms with Crippen LogP contribution >= 0.6 is 0 Å². The van der Waals surface area contributed by atoms with Gasteiger partial charge in [-0.1, -0.05) is 13.3 Å². The van der Waals surface area contributed by atoms with Crippen LogP contribution in [0.15, 0.2) is 0 Å². The minimum absolute atomic E-state index is 0.0240. The Morgan fingerprint density at radius 1 is 1.14 bits per heavy atom. The number of nitrogens with zero attached hydrogens (tertiary/aromatic N) is 1. The van der Waals surface area contributed by atoms with Gasteiger partial charge < -0.3 is 10.4 Å². The number of nitrogens with one attached hydrogen (secondary N) is 1. The first-order valence-electron chi connectivity index (χ1n) is 8.39. The van der Waals surface area contributed by atoms with Crippen molar-refractivity contribution in [3.63, 3.8) is 0 Å². The third-order valence-electron chi connectivity index (χ3n) is 4.85. The van der Waals surface area contributed by atoms with Gasteiger partial charge in [0.05, 0.1) is 12.0 Å². The summed E-state index contributed by atoms with van der Waals surface area (Å²) in [4.78, 5) is 25.8. The molecule has 1 atom stereocenters. The van der Waals surface area contributed by atoms with E-state index < -0.39 is 5.97 Å². The largest absolute Gasteiger partial charge is 0.481 e. The van der Waals surface area contributed by atoms with Gasteiger partial charge in [0, 0.05) is 6.04 Å². The van der Waals surface area contributed by atoms with Gasteiger partial charge in [-0.3, -0.25) is 14.5 Å². The smallest absolute Gasteiger partial charge is 0.306 e. The van der Waals surface area contributed by atoms with Crippen LogP contribution in [0.2, 0.25) is 0 Å². The van der Waals surface area contributed by atoms with Crippen LogP contribution in [0.3, 0.4) is 0 Å². The monoisotopic (exact) mass is 296 g/mol. The summed E-state index contributed by atoms with van der Waals surface area (Å²) in [6, 6.07) is 0.189. The van der Waals surface area contributed by atoms with E-state index in [0.717, 1.165) is 45.2 Å². The van der Waals surface area contributed by atoms with Crippen LogP contribution in [-0.2, 0) is 9.59 Å². The zero-order valence-electron chi connectivity index (χ0n) is 13.0. The zero-order chi connectivity index (χ0) is 15.2. The molecule has 2 rings (SSSR count). The number of likely N-dealkylation sites (tertiary alicyclic amines) is 1. The molecule has 1 amide bonds. The average molecular weight is 296 g/mol. The van der Waals surface area contributed by atoms with Crippen molar-refractivity contribution in [2.45, 2.75) is 70.4 Å². The maximum absolute atomic E-state index is 12.5. The van der Waals surface area contributed by atoms with Gasteiger partial charge in [0.2, 0.25) is 5.91 Å². The molecular weight excluding hydrogens is 268 g/mol. The van der Waals surface area contributed by atoms with E-state index in [1.165, 1.54) is 6.42 Å². The fourth-order valence-corrected chi connectivity index (χ4v) is 3.62. The molecule has 2 fully saturated rings. The highest BCUT2D eigenvalue weighted by Crippen LogP contribution is 2.25. The average Bonchev–Trinajstić information content (AvgIpc) is 2.48. The molecule has 2 aliphatic rings. The van der Waals surface area contributed by atoms with Crippen LogP contribution in [-0.4, -0.2) is 47.1 Å². The third-order valence-corrected chi connectivity index (χ3v) is 4.85. The maximum atomic E-state index is 12.5. The Labute approximate surface area is 127 Å². The molecule has 0 bridgehead atoms. The SMILES string of the molecule is CCCN1CCCC[C@@H]1C(=O)NC1CCC(C(=O)O)CC1. The molecule has 0 spiro atoms. The van der Waals surface area contributed by atoms with E-state index in [1.54, 1.807) is 0 Å². The molecule has 0 unspecified atom stereocenters. The summed E-state index contributed by atoms with van der Waals surface area (Å²) >= 11 is 0. The van der Waals surface area contributed by atoms with Crippen molar-refractivity contribution in [1.82, 2.24) is 10.2 Å². The predicted molar refractivity (Wildman–Crippen MR) is 81.0 cm³/mol. The number of hydrogen-bond acceptors (Lipinski definition) is 3. The van der Waals surface area contributed by atoms with Crippen molar-refractivity contribution in [2.24, 2.45) is 5.92 Å². The van der Waals surface area contributed by atoms with E-state index in [9.17, 15) is 9.59 Å². The molecule has 0 aromatic rings. The van der Waals surface area contributed by atoms with Gasteiger partial charge in [0.25, 0.3) is 0 Å². The Morgan fingerprint density at radius 2 is 1.86 bits per heavy atom.